The van der Waals surface area contributed by atoms with Gasteiger partial charge in [0.15, 0.2) is 0 Å². The van der Waals surface area contributed by atoms with Gasteiger partial charge in [0.05, 0.1) is 17.6 Å². The molecule has 1 aliphatic rings. The van der Waals surface area contributed by atoms with Crippen LogP contribution in [0.1, 0.15) is 18.7 Å². The molecule has 0 atom stereocenters. The first kappa shape index (κ1) is 12.4. The van der Waals surface area contributed by atoms with Gasteiger partial charge in [0, 0.05) is 12.6 Å². The van der Waals surface area contributed by atoms with Crippen molar-refractivity contribution in [2.24, 2.45) is 5.73 Å². The standard InChI is InChI=1S/C14H20N4O/c15-5-8-19-11-3-4-12-13(9-11)17-14(16-12)10-18-6-1-2-7-18/h3-4,9H,1-2,5-8,10,15H2,(H,16,17). The van der Waals surface area contributed by atoms with Gasteiger partial charge in [0.25, 0.3) is 0 Å². The van der Waals surface area contributed by atoms with Crippen LogP contribution in [0.5, 0.6) is 5.75 Å². The molecule has 3 rings (SSSR count). The largest absolute Gasteiger partial charge is 0.492 e. The Morgan fingerprint density at radius 2 is 2.16 bits per heavy atom. The second kappa shape index (κ2) is 5.59. The minimum atomic E-state index is 0.529. The fourth-order valence-electron chi connectivity index (χ4n) is 2.54. The average Bonchev–Trinajstić information content (AvgIpc) is 3.04. The Kier molecular flexibility index (Phi) is 3.66. The van der Waals surface area contributed by atoms with Gasteiger partial charge in [0.2, 0.25) is 0 Å². The lowest BCUT2D eigenvalue weighted by Gasteiger charge is -2.11. The van der Waals surface area contributed by atoms with Gasteiger partial charge < -0.3 is 15.5 Å². The highest BCUT2D eigenvalue weighted by molar-refractivity contribution is 5.76. The van der Waals surface area contributed by atoms with E-state index >= 15 is 0 Å². The molecule has 2 heterocycles. The van der Waals surface area contributed by atoms with Gasteiger partial charge in [-0.1, -0.05) is 0 Å². The van der Waals surface area contributed by atoms with E-state index in [1.54, 1.807) is 0 Å². The number of benzene rings is 1. The lowest BCUT2D eigenvalue weighted by molar-refractivity contribution is 0.324. The molecule has 0 spiro atoms. The third kappa shape index (κ3) is 2.88. The molecule has 1 fully saturated rings. The van der Waals surface area contributed by atoms with Crippen LogP contribution < -0.4 is 10.5 Å². The van der Waals surface area contributed by atoms with Crippen molar-refractivity contribution in [1.82, 2.24) is 14.9 Å². The zero-order valence-electron chi connectivity index (χ0n) is 11.1. The summed E-state index contributed by atoms with van der Waals surface area (Å²) >= 11 is 0. The summed E-state index contributed by atoms with van der Waals surface area (Å²) in [6.45, 7) is 4.35. The fraction of sp³-hybridized carbons (Fsp3) is 0.500. The molecule has 19 heavy (non-hydrogen) atoms. The lowest BCUT2D eigenvalue weighted by Crippen LogP contribution is -2.19. The highest BCUT2D eigenvalue weighted by atomic mass is 16.5. The van der Waals surface area contributed by atoms with Crippen LogP contribution in [0.2, 0.25) is 0 Å². The van der Waals surface area contributed by atoms with Crippen molar-refractivity contribution in [2.75, 3.05) is 26.2 Å². The van der Waals surface area contributed by atoms with Crippen molar-refractivity contribution in [3.63, 3.8) is 0 Å². The highest BCUT2D eigenvalue weighted by Gasteiger charge is 2.13. The summed E-state index contributed by atoms with van der Waals surface area (Å²) in [6.07, 6.45) is 2.61. The van der Waals surface area contributed by atoms with E-state index in [1.807, 2.05) is 18.2 Å². The second-order valence-corrected chi connectivity index (χ2v) is 4.98. The first-order chi connectivity index (χ1) is 9.35. The SMILES string of the molecule is NCCOc1ccc2nc(CN3CCCC3)[nH]c2c1. The van der Waals surface area contributed by atoms with Crippen LogP contribution in [0.3, 0.4) is 0 Å². The molecule has 1 aromatic heterocycles. The van der Waals surface area contributed by atoms with Crippen molar-refractivity contribution >= 4 is 11.0 Å². The summed E-state index contributed by atoms with van der Waals surface area (Å²) in [5, 5.41) is 0. The highest BCUT2D eigenvalue weighted by Crippen LogP contribution is 2.20. The Bertz CT molecular complexity index is 545. The molecule has 0 aliphatic carbocycles. The fourth-order valence-corrected chi connectivity index (χ4v) is 2.54. The predicted octanol–water partition coefficient (Wildman–Crippen LogP) is 1.50. The Balaban J connectivity index is 1.75. The molecular formula is C14H20N4O. The number of hydrogen-bond donors (Lipinski definition) is 2. The molecule has 102 valence electrons. The van der Waals surface area contributed by atoms with Gasteiger partial charge in [-0.25, -0.2) is 4.98 Å². The minimum absolute atomic E-state index is 0.529. The number of H-pyrrole nitrogens is 1. The van der Waals surface area contributed by atoms with Gasteiger partial charge in [0.1, 0.15) is 18.2 Å². The van der Waals surface area contributed by atoms with Crippen LogP contribution in [-0.2, 0) is 6.54 Å². The minimum Gasteiger partial charge on any atom is -0.492 e. The van der Waals surface area contributed by atoms with Crippen molar-refractivity contribution in [3.8, 4) is 5.75 Å². The molecule has 2 aromatic rings. The number of nitrogens with zero attached hydrogens (tertiary/aromatic N) is 2. The van der Waals surface area contributed by atoms with Crippen molar-refractivity contribution in [2.45, 2.75) is 19.4 Å². The lowest BCUT2D eigenvalue weighted by atomic mass is 10.3. The summed E-state index contributed by atoms with van der Waals surface area (Å²) in [5.41, 5.74) is 7.46. The first-order valence-electron chi connectivity index (χ1n) is 6.89. The number of aromatic nitrogens is 2. The van der Waals surface area contributed by atoms with E-state index in [-0.39, 0.29) is 0 Å². The maximum absolute atomic E-state index is 5.52. The van der Waals surface area contributed by atoms with Gasteiger partial charge in [-0.3, -0.25) is 4.90 Å². The van der Waals surface area contributed by atoms with E-state index in [2.05, 4.69) is 14.9 Å². The molecule has 1 aromatic carbocycles. The number of fused-ring (bicyclic) bond motifs is 1. The number of imidazole rings is 1. The van der Waals surface area contributed by atoms with E-state index in [0.717, 1.165) is 29.2 Å². The molecule has 5 heteroatoms. The summed E-state index contributed by atoms with van der Waals surface area (Å²) in [5.74, 6) is 1.88. The van der Waals surface area contributed by atoms with Gasteiger partial charge >= 0.3 is 0 Å². The van der Waals surface area contributed by atoms with Crippen LogP contribution in [0.4, 0.5) is 0 Å². The summed E-state index contributed by atoms with van der Waals surface area (Å²) in [7, 11) is 0. The Morgan fingerprint density at radius 1 is 1.32 bits per heavy atom. The molecule has 1 saturated heterocycles. The third-order valence-electron chi connectivity index (χ3n) is 3.46. The van der Waals surface area contributed by atoms with Gasteiger partial charge in [-0.2, -0.15) is 0 Å². The number of ether oxygens (including phenoxy) is 1. The normalized spacial score (nSPS) is 16.3. The van der Waals surface area contributed by atoms with E-state index < -0.39 is 0 Å². The molecule has 1 aliphatic heterocycles. The van der Waals surface area contributed by atoms with E-state index in [0.29, 0.717) is 13.2 Å². The number of likely N-dealkylation sites (tertiary alicyclic amines) is 1. The van der Waals surface area contributed by atoms with E-state index in [1.165, 1.54) is 25.9 Å². The quantitative estimate of drug-likeness (QED) is 0.855. The number of rotatable bonds is 5. The molecule has 0 bridgehead atoms. The number of aromatic amines is 1. The van der Waals surface area contributed by atoms with Crippen LogP contribution >= 0.6 is 0 Å². The predicted molar refractivity (Wildman–Crippen MR) is 75.2 cm³/mol. The number of hydrogen-bond acceptors (Lipinski definition) is 4. The van der Waals surface area contributed by atoms with Crippen LogP contribution in [0.15, 0.2) is 18.2 Å². The Morgan fingerprint density at radius 3 is 2.95 bits per heavy atom. The zero-order chi connectivity index (χ0) is 13.1. The molecule has 5 nitrogen and oxygen atoms in total. The summed E-state index contributed by atoms with van der Waals surface area (Å²) in [6, 6.07) is 5.93. The Hall–Kier alpha value is -1.59. The average molecular weight is 260 g/mol. The smallest absolute Gasteiger partial charge is 0.121 e. The van der Waals surface area contributed by atoms with E-state index in [9.17, 15) is 0 Å². The molecule has 0 saturated carbocycles. The van der Waals surface area contributed by atoms with Crippen molar-refractivity contribution in [1.29, 1.82) is 0 Å². The maximum atomic E-state index is 5.52. The molecular weight excluding hydrogens is 240 g/mol. The molecule has 3 N–H and O–H groups in total. The van der Waals surface area contributed by atoms with Gasteiger partial charge in [-0.15, -0.1) is 0 Å². The number of nitrogens with one attached hydrogen (secondary N) is 1. The van der Waals surface area contributed by atoms with Crippen LogP contribution in [-0.4, -0.2) is 41.1 Å². The maximum Gasteiger partial charge on any atom is 0.121 e. The van der Waals surface area contributed by atoms with Crippen LogP contribution in [0, 0.1) is 0 Å². The second-order valence-electron chi connectivity index (χ2n) is 4.98. The third-order valence-corrected chi connectivity index (χ3v) is 3.46. The first-order valence-corrected chi connectivity index (χ1v) is 6.89. The van der Waals surface area contributed by atoms with Crippen LogP contribution in [0.25, 0.3) is 11.0 Å². The van der Waals surface area contributed by atoms with Gasteiger partial charge in [-0.05, 0) is 38.1 Å². The monoisotopic (exact) mass is 260 g/mol. The molecule has 0 radical (unpaired) electrons. The van der Waals surface area contributed by atoms with Crippen molar-refractivity contribution in [3.05, 3.63) is 24.0 Å². The Labute approximate surface area is 112 Å². The molecule has 0 unspecified atom stereocenters. The topological polar surface area (TPSA) is 67.2 Å². The summed E-state index contributed by atoms with van der Waals surface area (Å²) < 4.78 is 5.52. The number of nitrogens with two attached hydrogens (primary N) is 1. The summed E-state index contributed by atoms with van der Waals surface area (Å²) in [4.78, 5) is 10.4. The molecule has 0 amide bonds. The zero-order valence-corrected chi connectivity index (χ0v) is 11.1. The van der Waals surface area contributed by atoms with Crippen molar-refractivity contribution < 1.29 is 4.74 Å². The van der Waals surface area contributed by atoms with E-state index in [4.69, 9.17) is 10.5 Å².